The van der Waals surface area contributed by atoms with E-state index in [0.717, 1.165) is 44.7 Å². The minimum atomic E-state index is 0.0185. The molecule has 1 fully saturated rings. The van der Waals surface area contributed by atoms with E-state index in [2.05, 4.69) is 47.5 Å². The minimum absolute atomic E-state index is 0.0185. The Morgan fingerprint density at radius 3 is 2.46 bits per heavy atom. The van der Waals surface area contributed by atoms with Crippen LogP contribution in [0, 0.1) is 6.92 Å². The van der Waals surface area contributed by atoms with Gasteiger partial charge in [0.05, 0.1) is 0 Å². The molecule has 0 saturated carbocycles. The summed E-state index contributed by atoms with van der Waals surface area (Å²) >= 11 is 1.74. The van der Waals surface area contributed by atoms with Crippen molar-refractivity contribution in [1.29, 1.82) is 0 Å². The molecular weight excluding hydrogens is 342 g/mol. The van der Waals surface area contributed by atoms with Crippen LogP contribution in [0.3, 0.4) is 0 Å². The summed E-state index contributed by atoms with van der Waals surface area (Å²) in [4.78, 5) is 18.5. The molecule has 1 aromatic heterocycles. The van der Waals surface area contributed by atoms with Gasteiger partial charge in [0.25, 0.3) is 5.91 Å². The van der Waals surface area contributed by atoms with E-state index in [1.54, 1.807) is 11.3 Å². The van der Waals surface area contributed by atoms with E-state index in [-0.39, 0.29) is 5.91 Å². The molecule has 1 aliphatic heterocycles. The third kappa shape index (κ3) is 4.72. The van der Waals surface area contributed by atoms with Gasteiger partial charge in [-0.2, -0.15) is 0 Å². The highest BCUT2D eigenvalue weighted by Crippen LogP contribution is 2.28. The molecule has 1 saturated heterocycles. The van der Waals surface area contributed by atoms with Crippen molar-refractivity contribution >= 4 is 17.2 Å². The van der Waals surface area contributed by atoms with Crippen molar-refractivity contribution in [2.24, 2.45) is 0 Å². The number of hydrogen-bond donors (Lipinski definition) is 1. The second kappa shape index (κ2) is 8.80. The van der Waals surface area contributed by atoms with Gasteiger partial charge in [-0.25, -0.2) is 0 Å². The van der Waals surface area contributed by atoms with E-state index in [4.69, 9.17) is 0 Å². The minimum Gasteiger partial charge on any atom is -0.352 e. The second-order valence-corrected chi connectivity index (χ2v) is 8.16. The normalized spacial score (nSPS) is 17.2. The number of thiophene rings is 1. The first-order valence-corrected chi connectivity index (χ1v) is 10.3. The molecule has 5 heteroatoms. The van der Waals surface area contributed by atoms with Crippen molar-refractivity contribution in [2.45, 2.75) is 26.3 Å². The van der Waals surface area contributed by atoms with E-state index in [1.807, 2.05) is 24.3 Å². The van der Waals surface area contributed by atoms with Crippen molar-refractivity contribution in [3.8, 4) is 10.4 Å². The zero-order valence-electron chi connectivity index (χ0n) is 16.0. The molecule has 3 rings (SSSR count). The van der Waals surface area contributed by atoms with Gasteiger partial charge >= 0.3 is 0 Å². The number of benzene rings is 1. The number of rotatable bonds is 6. The van der Waals surface area contributed by atoms with E-state index >= 15 is 0 Å². The number of amides is 1. The van der Waals surface area contributed by atoms with E-state index < -0.39 is 0 Å². The zero-order chi connectivity index (χ0) is 18.5. The van der Waals surface area contributed by atoms with Crippen LogP contribution in [0.5, 0.6) is 0 Å². The molecule has 0 spiro atoms. The molecule has 1 unspecified atom stereocenters. The van der Waals surface area contributed by atoms with Gasteiger partial charge in [0.15, 0.2) is 0 Å². The molecule has 1 N–H and O–H groups in total. The van der Waals surface area contributed by atoms with Crippen LogP contribution >= 0.6 is 11.3 Å². The lowest BCUT2D eigenvalue weighted by atomic mass is 10.1. The first kappa shape index (κ1) is 19.1. The van der Waals surface area contributed by atoms with Crippen molar-refractivity contribution in [1.82, 2.24) is 15.1 Å². The number of nitrogens with zero attached hydrogens (tertiary/aromatic N) is 2. The maximum atomic E-state index is 12.4. The summed E-state index contributed by atoms with van der Waals surface area (Å²) in [5.74, 6) is 0.0185. The zero-order valence-corrected chi connectivity index (χ0v) is 16.8. The van der Waals surface area contributed by atoms with Crippen molar-refractivity contribution in [3.05, 3.63) is 46.8 Å². The third-order valence-electron chi connectivity index (χ3n) is 5.28. The van der Waals surface area contributed by atoms with Crippen LogP contribution in [0.2, 0.25) is 0 Å². The molecule has 1 amide bonds. The largest absolute Gasteiger partial charge is 0.352 e. The number of carbonyl (C=O) groups is 1. The third-order valence-corrected chi connectivity index (χ3v) is 6.35. The fourth-order valence-electron chi connectivity index (χ4n) is 3.38. The predicted molar refractivity (Wildman–Crippen MR) is 110 cm³/mol. The highest BCUT2D eigenvalue weighted by molar-refractivity contribution is 7.13. The Bertz CT molecular complexity index is 717. The Morgan fingerprint density at radius 2 is 1.85 bits per heavy atom. The van der Waals surface area contributed by atoms with Crippen LogP contribution in [0.25, 0.3) is 10.4 Å². The first-order chi connectivity index (χ1) is 12.5. The molecule has 2 heterocycles. The molecule has 26 heavy (non-hydrogen) atoms. The molecule has 0 radical (unpaired) electrons. The van der Waals surface area contributed by atoms with Crippen molar-refractivity contribution in [3.63, 3.8) is 0 Å². The number of carbonyl (C=O) groups excluding carboxylic acids is 1. The Labute approximate surface area is 160 Å². The summed E-state index contributed by atoms with van der Waals surface area (Å²) in [6.45, 7) is 9.60. The van der Waals surface area contributed by atoms with Gasteiger partial charge in [0.2, 0.25) is 0 Å². The predicted octanol–water partition coefficient (Wildman–Crippen LogP) is 3.48. The number of nitrogens with one attached hydrogen (secondary N) is 1. The molecule has 2 aromatic rings. The topological polar surface area (TPSA) is 35.6 Å². The standard InChI is InChI=1S/C21H29N3OS/c1-16-9-15-26-20(16)18-4-6-19(7-5-18)21(25)22-10-8-17(2)24-13-11-23(3)12-14-24/h4-7,9,15,17H,8,10-14H2,1-3H3,(H,22,25). The molecule has 4 nitrogen and oxygen atoms in total. The van der Waals surface area contributed by atoms with Crippen LogP contribution in [0.15, 0.2) is 35.7 Å². The second-order valence-electron chi connectivity index (χ2n) is 7.24. The first-order valence-electron chi connectivity index (χ1n) is 9.40. The van der Waals surface area contributed by atoms with Gasteiger partial charge in [-0.15, -0.1) is 11.3 Å². The van der Waals surface area contributed by atoms with Crippen LogP contribution in [0.4, 0.5) is 0 Å². The van der Waals surface area contributed by atoms with Crippen LogP contribution in [-0.2, 0) is 0 Å². The highest BCUT2D eigenvalue weighted by atomic mass is 32.1. The summed E-state index contributed by atoms with van der Waals surface area (Å²) < 4.78 is 0. The van der Waals surface area contributed by atoms with E-state index in [9.17, 15) is 4.79 Å². The monoisotopic (exact) mass is 371 g/mol. The van der Waals surface area contributed by atoms with E-state index in [1.165, 1.54) is 16.0 Å². The number of hydrogen-bond acceptors (Lipinski definition) is 4. The quantitative estimate of drug-likeness (QED) is 0.844. The lowest BCUT2D eigenvalue weighted by Crippen LogP contribution is -2.48. The summed E-state index contributed by atoms with van der Waals surface area (Å²) in [5, 5.41) is 5.17. The summed E-state index contributed by atoms with van der Waals surface area (Å²) in [6.07, 6.45) is 0.988. The SMILES string of the molecule is Cc1ccsc1-c1ccc(C(=O)NCCC(C)N2CCN(C)CC2)cc1. The van der Waals surface area contributed by atoms with Gasteiger partial charge in [0, 0.05) is 49.2 Å². The van der Waals surface area contributed by atoms with Gasteiger partial charge in [-0.05, 0) is 62.0 Å². The van der Waals surface area contributed by atoms with Crippen molar-refractivity contribution in [2.75, 3.05) is 39.8 Å². The fraction of sp³-hybridized carbons (Fsp3) is 0.476. The van der Waals surface area contributed by atoms with Gasteiger partial charge in [-0.3, -0.25) is 9.69 Å². The Morgan fingerprint density at radius 1 is 1.15 bits per heavy atom. The average Bonchev–Trinajstić information content (AvgIpc) is 3.08. The molecule has 140 valence electrons. The maximum absolute atomic E-state index is 12.4. The van der Waals surface area contributed by atoms with Crippen molar-refractivity contribution < 1.29 is 4.79 Å². The molecule has 0 bridgehead atoms. The number of piperazine rings is 1. The molecular formula is C21H29N3OS. The summed E-state index contributed by atoms with van der Waals surface area (Å²) in [5.41, 5.74) is 3.19. The number of likely N-dealkylation sites (N-methyl/N-ethyl adjacent to an activating group) is 1. The fourth-order valence-corrected chi connectivity index (χ4v) is 4.32. The van der Waals surface area contributed by atoms with Crippen LogP contribution < -0.4 is 5.32 Å². The Hall–Kier alpha value is -1.69. The van der Waals surface area contributed by atoms with Crippen LogP contribution in [-0.4, -0.2) is 61.5 Å². The molecule has 1 atom stereocenters. The van der Waals surface area contributed by atoms with E-state index in [0.29, 0.717) is 6.04 Å². The van der Waals surface area contributed by atoms with Gasteiger partial charge in [0.1, 0.15) is 0 Å². The Balaban J connectivity index is 1.47. The van der Waals surface area contributed by atoms with Gasteiger partial charge in [-0.1, -0.05) is 12.1 Å². The molecule has 0 aliphatic carbocycles. The lowest BCUT2D eigenvalue weighted by Gasteiger charge is -2.36. The lowest BCUT2D eigenvalue weighted by molar-refractivity contribution is 0.0935. The molecule has 1 aromatic carbocycles. The summed E-state index contributed by atoms with van der Waals surface area (Å²) in [7, 11) is 2.17. The van der Waals surface area contributed by atoms with Crippen LogP contribution in [0.1, 0.15) is 29.3 Å². The highest BCUT2D eigenvalue weighted by Gasteiger charge is 2.19. The number of aryl methyl sites for hydroxylation is 1. The molecule has 1 aliphatic rings. The Kier molecular flexibility index (Phi) is 6.46. The summed E-state index contributed by atoms with van der Waals surface area (Å²) in [6, 6.07) is 10.6. The maximum Gasteiger partial charge on any atom is 0.251 e. The average molecular weight is 372 g/mol. The smallest absolute Gasteiger partial charge is 0.251 e. The van der Waals surface area contributed by atoms with Gasteiger partial charge < -0.3 is 10.2 Å².